The van der Waals surface area contributed by atoms with E-state index in [0.29, 0.717) is 16.9 Å². The number of fused-ring (bicyclic) bond motifs is 2. The Labute approximate surface area is 150 Å². The molecule has 142 valence electrons. The van der Waals surface area contributed by atoms with Crippen LogP contribution in [0.2, 0.25) is 0 Å². The largest absolute Gasteiger partial charge is 0.458 e. The molecule has 7 heteroatoms. The molecule has 3 aliphatic rings. The summed E-state index contributed by atoms with van der Waals surface area (Å²) < 4.78 is 10.9. The second kappa shape index (κ2) is 5.18. The fourth-order valence-corrected chi connectivity index (χ4v) is 5.46. The van der Waals surface area contributed by atoms with Gasteiger partial charge >= 0.3 is 11.6 Å². The van der Waals surface area contributed by atoms with Crippen LogP contribution in [0.15, 0.2) is 15.3 Å². The molecule has 2 fully saturated rings. The Hall–Kier alpha value is -1.70. The van der Waals surface area contributed by atoms with Crippen LogP contribution in [-0.4, -0.2) is 39.6 Å². The van der Waals surface area contributed by atoms with E-state index >= 15 is 0 Å². The Kier molecular flexibility index (Phi) is 3.53. The Bertz CT molecular complexity index is 843. The summed E-state index contributed by atoms with van der Waals surface area (Å²) in [5.74, 6) is -1.09. The standard InChI is InChI=1S/C19H24O7/c1-7(2)14-12-8(5-11(22)25-14)18(3)9(20)6-10(21)19(4)16(18)15(13(12)23)26-17(19)24/h5,7,9-10,13,15-16,20-21,23H,6H2,1-4H3/t9-,10+,13-,15+,16+,18+,19+/m1/s1. The molecule has 1 aromatic heterocycles. The number of hydrogen-bond acceptors (Lipinski definition) is 7. The maximum Gasteiger partial charge on any atom is 0.336 e. The average Bonchev–Trinajstić information content (AvgIpc) is 2.84. The van der Waals surface area contributed by atoms with Crippen LogP contribution in [0.25, 0.3) is 0 Å². The van der Waals surface area contributed by atoms with Crippen molar-refractivity contribution in [3.05, 3.63) is 33.4 Å². The number of carbonyl (C=O) groups excluding carboxylic acids is 1. The van der Waals surface area contributed by atoms with E-state index in [4.69, 9.17) is 9.15 Å². The summed E-state index contributed by atoms with van der Waals surface area (Å²) in [5, 5.41) is 32.5. The molecule has 1 saturated carbocycles. The summed E-state index contributed by atoms with van der Waals surface area (Å²) in [5.41, 5.74) is -1.96. The lowest BCUT2D eigenvalue weighted by molar-refractivity contribution is -0.160. The van der Waals surface area contributed by atoms with Gasteiger partial charge in [0.05, 0.1) is 17.6 Å². The number of aliphatic hydroxyl groups is 3. The zero-order valence-electron chi connectivity index (χ0n) is 15.2. The number of rotatable bonds is 1. The Balaban J connectivity index is 2.07. The third-order valence-corrected chi connectivity index (χ3v) is 6.87. The summed E-state index contributed by atoms with van der Waals surface area (Å²) >= 11 is 0. The lowest BCUT2D eigenvalue weighted by atomic mass is 9.47. The highest BCUT2D eigenvalue weighted by atomic mass is 16.6. The van der Waals surface area contributed by atoms with Gasteiger partial charge in [-0.1, -0.05) is 20.8 Å². The van der Waals surface area contributed by atoms with E-state index in [-0.39, 0.29) is 12.3 Å². The molecule has 3 N–H and O–H groups in total. The first-order valence-electron chi connectivity index (χ1n) is 8.98. The predicted molar refractivity (Wildman–Crippen MR) is 89.5 cm³/mol. The van der Waals surface area contributed by atoms with Crippen LogP contribution in [0.1, 0.15) is 63.0 Å². The van der Waals surface area contributed by atoms with E-state index in [1.54, 1.807) is 13.8 Å². The minimum absolute atomic E-state index is 0.0158. The summed E-state index contributed by atoms with van der Waals surface area (Å²) in [6.45, 7) is 7.06. The average molecular weight is 364 g/mol. The minimum Gasteiger partial charge on any atom is -0.458 e. The number of esters is 1. The third kappa shape index (κ3) is 1.83. The van der Waals surface area contributed by atoms with E-state index in [1.165, 1.54) is 6.07 Å². The van der Waals surface area contributed by atoms with Crippen molar-refractivity contribution in [2.24, 2.45) is 11.3 Å². The van der Waals surface area contributed by atoms with Gasteiger partial charge in [0.2, 0.25) is 0 Å². The molecule has 2 heterocycles. The Morgan fingerprint density at radius 1 is 1.12 bits per heavy atom. The SMILES string of the molecule is CC(C)c1oc(=O)cc2c1[C@@H](O)[C@@H]1OC(=O)[C@]3(C)[C@@H]1[C@]2(C)[C@H](O)C[C@@H]3O. The van der Waals surface area contributed by atoms with Crippen LogP contribution in [0.5, 0.6) is 0 Å². The Morgan fingerprint density at radius 3 is 2.35 bits per heavy atom. The zero-order valence-corrected chi connectivity index (χ0v) is 15.2. The maximum atomic E-state index is 12.7. The fourth-order valence-electron chi connectivity index (χ4n) is 5.46. The quantitative estimate of drug-likeness (QED) is 0.629. The fraction of sp³-hybridized carbons (Fsp3) is 0.684. The van der Waals surface area contributed by atoms with Crippen LogP contribution in [-0.2, 0) is 14.9 Å². The third-order valence-electron chi connectivity index (χ3n) is 6.87. The van der Waals surface area contributed by atoms with Crippen LogP contribution < -0.4 is 5.63 Å². The van der Waals surface area contributed by atoms with Crippen molar-refractivity contribution in [3.8, 4) is 0 Å². The second-order valence-electron chi connectivity index (χ2n) is 8.54. The Morgan fingerprint density at radius 2 is 1.73 bits per heavy atom. The summed E-state index contributed by atoms with van der Waals surface area (Å²) in [4.78, 5) is 24.9. The van der Waals surface area contributed by atoms with Crippen LogP contribution >= 0.6 is 0 Å². The van der Waals surface area contributed by atoms with Crippen molar-refractivity contribution >= 4 is 5.97 Å². The topological polar surface area (TPSA) is 117 Å². The van der Waals surface area contributed by atoms with Crippen molar-refractivity contribution in [1.82, 2.24) is 0 Å². The van der Waals surface area contributed by atoms with E-state index in [0.717, 1.165) is 0 Å². The highest BCUT2D eigenvalue weighted by Gasteiger charge is 2.72. The van der Waals surface area contributed by atoms with E-state index in [1.807, 2.05) is 13.8 Å². The van der Waals surface area contributed by atoms with Gasteiger partial charge in [-0.25, -0.2) is 4.79 Å². The van der Waals surface area contributed by atoms with Gasteiger partial charge in [-0.2, -0.15) is 0 Å². The van der Waals surface area contributed by atoms with Crippen LogP contribution in [0.3, 0.4) is 0 Å². The van der Waals surface area contributed by atoms with Crippen molar-refractivity contribution in [1.29, 1.82) is 0 Å². The number of hydrogen-bond donors (Lipinski definition) is 3. The maximum absolute atomic E-state index is 12.7. The van der Waals surface area contributed by atoms with Crippen LogP contribution in [0.4, 0.5) is 0 Å². The zero-order chi connectivity index (χ0) is 19.2. The van der Waals surface area contributed by atoms with Gasteiger partial charge in [0.25, 0.3) is 0 Å². The van der Waals surface area contributed by atoms with Crippen molar-refractivity contribution in [2.75, 3.05) is 0 Å². The molecule has 2 aliphatic carbocycles. The smallest absolute Gasteiger partial charge is 0.336 e. The molecule has 4 rings (SSSR count). The molecule has 0 unspecified atom stereocenters. The number of carbonyl (C=O) groups is 1. The molecular weight excluding hydrogens is 340 g/mol. The van der Waals surface area contributed by atoms with Crippen LogP contribution in [0, 0.1) is 11.3 Å². The van der Waals surface area contributed by atoms with Gasteiger partial charge in [-0.05, 0) is 12.5 Å². The van der Waals surface area contributed by atoms with Gasteiger partial charge in [-0.15, -0.1) is 0 Å². The lowest BCUT2D eigenvalue weighted by Crippen LogP contribution is -2.64. The molecule has 7 nitrogen and oxygen atoms in total. The second-order valence-corrected chi connectivity index (χ2v) is 8.54. The molecular formula is C19H24O7. The molecule has 1 aromatic rings. The first-order chi connectivity index (χ1) is 12.0. The van der Waals surface area contributed by atoms with Gasteiger partial charge in [0, 0.05) is 35.3 Å². The van der Waals surface area contributed by atoms with Crippen molar-refractivity contribution in [3.63, 3.8) is 0 Å². The molecule has 0 bridgehead atoms. The molecule has 1 saturated heterocycles. The normalized spacial score (nSPS) is 43.8. The summed E-state index contributed by atoms with van der Waals surface area (Å²) in [6, 6.07) is 1.30. The number of aliphatic hydroxyl groups excluding tert-OH is 3. The molecule has 0 spiro atoms. The molecule has 0 amide bonds. The first-order valence-corrected chi connectivity index (χ1v) is 8.98. The predicted octanol–water partition coefficient (Wildman–Crippen LogP) is 0.741. The molecule has 7 atom stereocenters. The molecule has 0 radical (unpaired) electrons. The molecule has 0 aromatic carbocycles. The highest BCUT2D eigenvalue weighted by molar-refractivity contribution is 5.81. The highest BCUT2D eigenvalue weighted by Crippen LogP contribution is 2.63. The molecule has 1 aliphatic heterocycles. The van der Waals surface area contributed by atoms with Gasteiger partial charge in [-0.3, -0.25) is 4.79 Å². The van der Waals surface area contributed by atoms with Gasteiger partial charge in [0.15, 0.2) is 0 Å². The van der Waals surface area contributed by atoms with E-state index in [9.17, 15) is 24.9 Å². The molecule has 26 heavy (non-hydrogen) atoms. The monoisotopic (exact) mass is 364 g/mol. The van der Waals surface area contributed by atoms with Crippen molar-refractivity contribution < 1.29 is 29.3 Å². The van der Waals surface area contributed by atoms with Crippen molar-refractivity contribution in [2.45, 2.75) is 69.9 Å². The summed E-state index contributed by atoms with van der Waals surface area (Å²) in [7, 11) is 0. The summed E-state index contributed by atoms with van der Waals surface area (Å²) in [6.07, 6.45) is -4.21. The van der Waals surface area contributed by atoms with Gasteiger partial charge < -0.3 is 24.5 Å². The number of ether oxygens (including phenoxy) is 1. The minimum atomic E-state index is -1.26. The van der Waals surface area contributed by atoms with E-state index in [2.05, 4.69) is 0 Å². The van der Waals surface area contributed by atoms with E-state index < -0.39 is 52.8 Å². The lowest BCUT2D eigenvalue weighted by Gasteiger charge is -2.56. The van der Waals surface area contributed by atoms with Gasteiger partial charge in [0.1, 0.15) is 18.0 Å². The first kappa shape index (κ1) is 17.7.